The van der Waals surface area contributed by atoms with E-state index < -0.39 is 92.2 Å². The number of carbonyl (C=O) groups is 8. The van der Waals surface area contributed by atoms with E-state index in [1.54, 1.807) is 39.0 Å². The lowest BCUT2D eigenvalue weighted by Gasteiger charge is -2.38. The topological polar surface area (TPSA) is 455 Å². The first kappa shape index (κ1) is 59.5. The minimum Gasteiger partial charge on any atom is -0.506 e. The van der Waals surface area contributed by atoms with Crippen LogP contribution in [0.5, 0.6) is 11.5 Å². The number of hydrogen-bond acceptors (Lipinski definition) is 23. The molecule has 2 heterocycles. The van der Waals surface area contributed by atoms with Gasteiger partial charge in [-0.1, -0.05) is 45.6 Å². The van der Waals surface area contributed by atoms with Gasteiger partial charge in [0.05, 0.1) is 17.1 Å². The van der Waals surface area contributed by atoms with E-state index >= 15 is 0 Å². The van der Waals surface area contributed by atoms with Crippen LogP contribution in [0.4, 0.5) is 11.4 Å². The van der Waals surface area contributed by atoms with Crippen molar-refractivity contribution in [2.75, 3.05) is 10.6 Å². The number of nitrogens with one attached hydrogen (secondary N) is 3. The largest absolute Gasteiger partial charge is 0.506 e. The van der Waals surface area contributed by atoms with Crippen molar-refractivity contribution in [3.05, 3.63) is 83.6 Å². The number of aromatic hydroxyl groups is 1. The molecule has 2 saturated heterocycles. The molecule has 73 heavy (non-hydrogen) atoms. The summed E-state index contributed by atoms with van der Waals surface area (Å²) in [6.07, 6.45) is -14.5. The SMILES string of the molecule is C=C1C=CC(=O)C(NC(=O)CC)=C1.O=C(O)C1O[C@@H](O)[C@@H](O)C(O)[C@@H]1O.O=C=O.[2HH].[2H]C(=O)OCc1ccc(O)c(NC(=O)CC)c1.[2H]C(=O)OCc1ccc(O[C@@H]2OC(C(=O)O)[C@@H](O)C(O)[C@@H]2O)c(NC(=O)CC)c1. The monoisotopic (exact) mass is 1040 g/mol. The Morgan fingerprint density at radius 1 is 0.699 bits per heavy atom. The van der Waals surface area contributed by atoms with Crippen LogP contribution in [0.2, 0.25) is 0 Å². The Balaban J connectivity index is 0.00000102. The third-order valence-corrected chi connectivity index (χ3v) is 9.42. The van der Waals surface area contributed by atoms with Gasteiger partial charge in [-0.25, -0.2) is 9.59 Å². The number of ether oxygens (including phenoxy) is 5. The second kappa shape index (κ2) is 32.3. The summed E-state index contributed by atoms with van der Waals surface area (Å²) in [7, 11) is 0. The van der Waals surface area contributed by atoms with Gasteiger partial charge in [-0.05, 0) is 53.1 Å². The first-order chi connectivity index (χ1) is 35.1. The third kappa shape index (κ3) is 20.9. The molecule has 4 unspecified atom stereocenters. The fourth-order valence-electron chi connectivity index (χ4n) is 5.60. The van der Waals surface area contributed by atoms with Crippen molar-refractivity contribution in [2.45, 2.75) is 115 Å². The molecule has 0 bridgehead atoms. The molecule has 28 nitrogen and oxygen atoms in total. The first-order valence-corrected chi connectivity index (χ1v) is 21.1. The maximum atomic E-state index is 11.8. The van der Waals surface area contributed by atoms with Gasteiger partial charge in [-0.3, -0.25) is 28.8 Å². The average Bonchev–Trinajstić information content (AvgIpc) is 3.36. The van der Waals surface area contributed by atoms with Gasteiger partial charge in [-0.2, -0.15) is 9.59 Å². The molecule has 28 heteroatoms. The number of allylic oxidation sites excluding steroid dienone is 4. The van der Waals surface area contributed by atoms with Crippen LogP contribution in [-0.4, -0.2) is 167 Å². The number of ketones is 1. The van der Waals surface area contributed by atoms with Crippen molar-refractivity contribution in [1.82, 2.24) is 5.32 Å². The van der Waals surface area contributed by atoms with Crippen LogP contribution in [0.3, 0.4) is 0 Å². The molecule has 402 valence electrons. The predicted molar refractivity (Wildman–Crippen MR) is 243 cm³/mol. The van der Waals surface area contributed by atoms with E-state index in [1.165, 1.54) is 36.4 Å². The van der Waals surface area contributed by atoms with E-state index in [0.717, 1.165) is 0 Å². The van der Waals surface area contributed by atoms with Gasteiger partial charge < -0.3 is 90.7 Å². The van der Waals surface area contributed by atoms with Gasteiger partial charge >= 0.3 is 18.1 Å². The highest BCUT2D eigenvalue weighted by Gasteiger charge is 2.48. The molecule has 3 aliphatic rings. The molecule has 0 aromatic heterocycles. The van der Waals surface area contributed by atoms with E-state index in [-0.39, 0.29) is 67.7 Å². The fourth-order valence-corrected chi connectivity index (χ4v) is 5.60. The summed E-state index contributed by atoms with van der Waals surface area (Å²) in [5, 5.41) is 100. The Hall–Kier alpha value is -7.76. The summed E-state index contributed by atoms with van der Waals surface area (Å²) >= 11 is 0. The van der Waals surface area contributed by atoms with Crippen molar-refractivity contribution in [3.63, 3.8) is 0 Å². The number of carboxylic acids is 2. The number of aliphatic carboxylic acids is 2. The Kier molecular flexibility index (Phi) is 26.3. The van der Waals surface area contributed by atoms with Crippen molar-refractivity contribution >= 4 is 65.9 Å². The highest BCUT2D eigenvalue weighted by molar-refractivity contribution is 6.08. The smallest absolute Gasteiger partial charge is 0.373 e. The quantitative estimate of drug-likeness (QED) is 0.0720. The number of rotatable bonds is 14. The Labute approximate surface area is 418 Å². The minimum atomic E-state index is -1.87. The van der Waals surface area contributed by atoms with Crippen LogP contribution in [-0.2, 0) is 80.1 Å². The lowest BCUT2D eigenvalue weighted by molar-refractivity contribution is -0.279. The molecule has 0 radical (unpaired) electrons. The van der Waals surface area contributed by atoms with Gasteiger partial charge in [0.2, 0.25) is 29.8 Å². The van der Waals surface area contributed by atoms with Crippen molar-refractivity contribution in [2.24, 2.45) is 0 Å². The number of aliphatic hydroxyl groups is 7. The van der Waals surface area contributed by atoms with Crippen LogP contribution in [0.15, 0.2) is 72.5 Å². The standard InChI is InChI=1S/C17H21NO10.C11H13NO4.C10H11NO2.C6H10O7.CO2.H2/c1-2-11(20)18-9-5-8(6-26-7-19)3-4-10(9)27-17-14(23)12(21)13(22)15(28-17)16(24)25;1-2-11(15)12-9-5-8(6-16-7-13)3-4-10(9)14;1-3-10(13)11-8-6-7(2)4-5-9(8)12;7-1-2(8)4(5(10)11)13-6(12)3(1)9;2-1-3;/h3-5,7,12-15,17,21-23H,2,6H2,1H3,(H,18,20)(H,24,25);3-5,7,14H,2,6H2,1H3,(H,12,15);4-6H,2-3H2,1H3,(H,11,13);1-4,6-9,12H,(H,10,11);;1H/t12?,13-,14-,15?,17+;;;1?,2-,3-,4?,6+;;/m0..0../s1/i2*7D;;;;1+1. The van der Waals surface area contributed by atoms with E-state index in [4.69, 9.17) is 52.4 Å². The Bertz CT molecular complexity index is 2450. The van der Waals surface area contributed by atoms with Crippen LogP contribution >= 0.6 is 0 Å². The lowest BCUT2D eigenvalue weighted by Crippen LogP contribution is -2.61. The molecule has 1 aliphatic carbocycles. The number of phenolic OH excluding ortho intramolecular Hbond substituents is 1. The van der Waals surface area contributed by atoms with Gasteiger partial charge in [0.15, 0.2) is 21.2 Å². The molecule has 0 saturated carbocycles. The van der Waals surface area contributed by atoms with Crippen molar-refractivity contribution < 1.29 is 127 Å². The molecule has 2 aromatic rings. The number of amides is 3. The van der Waals surface area contributed by atoms with Gasteiger partial charge in [0.1, 0.15) is 61.3 Å². The molecular formula is C45H57N3O25. The molecule has 5 rings (SSSR count). The zero-order valence-electron chi connectivity index (χ0n) is 40.8. The summed E-state index contributed by atoms with van der Waals surface area (Å²) in [6.45, 7) is 8.37. The zero-order valence-corrected chi connectivity index (χ0v) is 38.8. The maximum absolute atomic E-state index is 11.8. The molecule has 10 atom stereocenters. The van der Waals surface area contributed by atoms with E-state index in [0.29, 0.717) is 35.2 Å². The number of benzene rings is 2. The summed E-state index contributed by atoms with van der Waals surface area (Å²) in [5.74, 6) is -4.15. The second-order valence-corrected chi connectivity index (χ2v) is 14.7. The number of phenols is 1. The molecule has 2 aromatic carbocycles. The average molecular weight is 1040 g/mol. The minimum absolute atomic E-state index is 0. The third-order valence-electron chi connectivity index (χ3n) is 9.42. The molecule has 3 amide bonds. The normalized spacial score (nSPS) is 23.9. The highest BCUT2D eigenvalue weighted by atomic mass is 16.7. The lowest BCUT2D eigenvalue weighted by atomic mass is 9.99. The summed E-state index contributed by atoms with van der Waals surface area (Å²) in [6, 6.07) is 8.59. The maximum Gasteiger partial charge on any atom is 0.373 e. The molecule has 0 spiro atoms. The van der Waals surface area contributed by atoms with E-state index in [9.17, 15) is 58.8 Å². The van der Waals surface area contributed by atoms with Gasteiger partial charge in [-0.15, -0.1) is 0 Å². The van der Waals surface area contributed by atoms with Crippen molar-refractivity contribution in [3.8, 4) is 11.5 Å². The molecule has 2 fully saturated rings. The van der Waals surface area contributed by atoms with Crippen LogP contribution in [0.1, 0.15) is 55.3 Å². The summed E-state index contributed by atoms with van der Waals surface area (Å²) < 4.78 is 37.2. The highest BCUT2D eigenvalue weighted by Crippen LogP contribution is 2.31. The molecule has 13 N–H and O–H groups in total. The molecular weight excluding hydrogens is 982 g/mol. The van der Waals surface area contributed by atoms with Crippen LogP contribution in [0.25, 0.3) is 0 Å². The van der Waals surface area contributed by atoms with Crippen LogP contribution in [0, 0.1) is 0 Å². The first-order valence-electron chi connectivity index (χ1n) is 22.1. The van der Waals surface area contributed by atoms with Crippen LogP contribution < -0.4 is 20.7 Å². The van der Waals surface area contributed by atoms with Gasteiger partial charge in [0, 0.05) is 20.7 Å². The Morgan fingerprint density at radius 3 is 1.64 bits per heavy atom. The fraction of sp³-hybridized carbons (Fsp3) is 0.400. The second-order valence-electron chi connectivity index (χ2n) is 14.7. The number of carboxylic acid groups (broad SMARTS) is 2. The number of hydrogen-bond donors (Lipinski definition) is 13. The van der Waals surface area contributed by atoms with E-state index in [1.807, 2.05) is 0 Å². The zero-order chi connectivity index (χ0) is 57.3. The predicted octanol–water partition coefficient (Wildman–Crippen LogP) is -1.98. The van der Waals surface area contributed by atoms with Gasteiger partial charge in [0.25, 0.3) is 12.9 Å². The van der Waals surface area contributed by atoms with E-state index in [2.05, 4.69) is 36.7 Å². The Morgan fingerprint density at radius 2 is 1.15 bits per heavy atom. The molecule has 2 aliphatic heterocycles. The summed E-state index contributed by atoms with van der Waals surface area (Å²) in [5.41, 5.74) is 2.36. The summed E-state index contributed by atoms with van der Waals surface area (Å²) in [4.78, 5) is 104. The number of anilines is 2. The number of carbonyl (C=O) groups excluding carboxylic acids is 8. The number of aliphatic hydroxyl groups excluding tert-OH is 7. The van der Waals surface area contributed by atoms with Crippen molar-refractivity contribution in [1.29, 1.82) is 0 Å².